The highest BCUT2D eigenvalue weighted by molar-refractivity contribution is 8.77. The molecular weight excluding hydrogens is 362 g/mol. The highest BCUT2D eigenvalue weighted by atomic mass is 33.1. The normalized spacial score (nSPS) is 16.9. The molecule has 0 spiro atoms. The van der Waals surface area contributed by atoms with E-state index in [1.165, 1.54) is 18.6 Å². The van der Waals surface area contributed by atoms with Crippen molar-refractivity contribution >= 4 is 39.4 Å². The molecule has 4 N–H and O–H groups in total. The van der Waals surface area contributed by atoms with E-state index in [0.29, 0.717) is 32.6 Å². The smallest absolute Gasteiger partial charge is 0.328 e. The molecule has 1 heterocycles. The van der Waals surface area contributed by atoms with Crippen molar-refractivity contribution in [3.8, 4) is 0 Å². The molecule has 0 aromatic carbocycles. The Balaban J connectivity index is 1.86. The number of unbranched alkanes of at least 4 members (excludes halogenated alkanes) is 1. The summed E-state index contributed by atoms with van der Waals surface area (Å²) in [5, 5.41) is 17.7. The van der Waals surface area contributed by atoms with Gasteiger partial charge in [-0.2, -0.15) is 0 Å². The number of carbonyl (C=O) groups is 3. The van der Waals surface area contributed by atoms with Gasteiger partial charge in [-0.05, 0) is 19.3 Å². The molecule has 7 nitrogen and oxygen atoms in total. The van der Waals surface area contributed by atoms with E-state index in [-0.39, 0.29) is 5.91 Å². The highest BCUT2D eigenvalue weighted by Crippen LogP contribution is 2.39. The highest BCUT2D eigenvalue weighted by Gasteiger charge is 2.15. The Morgan fingerprint density at radius 3 is 2.48 bits per heavy atom. The maximum Gasteiger partial charge on any atom is 0.328 e. The predicted molar refractivity (Wildman–Crippen MR) is 103 cm³/mol. The molecule has 0 saturated carbocycles. The summed E-state index contributed by atoms with van der Waals surface area (Å²) in [6, 6.07) is 0. The van der Waals surface area contributed by atoms with Crippen LogP contribution in [0.5, 0.6) is 0 Å². The Bertz CT molecular complexity index is 455. The van der Waals surface area contributed by atoms with E-state index in [1.807, 2.05) is 21.6 Å². The summed E-state index contributed by atoms with van der Waals surface area (Å²) < 4.78 is 0. The van der Waals surface area contributed by atoms with Crippen LogP contribution in [0.3, 0.4) is 0 Å². The van der Waals surface area contributed by atoms with Crippen LogP contribution in [0.4, 0.5) is 0 Å². The first-order valence-electron chi connectivity index (χ1n) is 8.52. The Labute approximate surface area is 156 Å². The van der Waals surface area contributed by atoms with Crippen LogP contribution in [0.2, 0.25) is 0 Å². The third-order valence-electron chi connectivity index (χ3n) is 3.51. The molecule has 0 aromatic heterocycles. The first kappa shape index (κ1) is 21.9. The molecule has 1 aliphatic rings. The van der Waals surface area contributed by atoms with Crippen molar-refractivity contribution in [3.05, 3.63) is 12.2 Å². The lowest BCUT2D eigenvalue weighted by Crippen LogP contribution is -2.36. The number of carboxylic acid groups (broad SMARTS) is 1. The lowest BCUT2D eigenvalue weighted by atomic mass is 10.1. The topological polar surface area (TPSA) is 108 Å². The van der Waals surface area contributed by atoms with Crippen molar-refractivity contribution < 1.29 is 19.5 Å². The number of carbonyl (C=O) groups excluding carboxylic acids is 2. The van der Waals surface area contributed by atoms with Crippen molar-refractivity contribution in [2.75, 3.05) is 31.9 Å². The van der Waals surface area contributed by atoms with Gasteiger partial charge in [0.2, 0.25) is 11.8 Å². The number of nitrogens with one attached hydrogen (secondary N) is 3. The van der Waals surface area contributed by atoms with E-state index < -0.39 is 11.9 Å². The molecule has 1 rings (SSSR count). The first-order valence-corrected chi connectivity index (χ1v) is 10.9. The Morgan fingerprint density at radius 2 is 1.80 bits per heavy atom. The first-order chi connectivity index (χ1) is 12.1. The number of carboxylic acids is 1. The third kappa shape index (κ3) is 12.8. The lowest BCUT2D eigenvalue weighted by molar-refractivity contribution is -0.131. The van der Waals surface area contributed by atoms with Gasteiger partial charge in [0.15, 0.2) is 0 Å². The standard InChI is InChI=1S/C16H27N3O4S2/c20-14(4-2-1-3-13-7-12-24-25-13)18-10-8-17-9-11-19-15(21)5-6-16(22)23/h5-6,13,17H,1-4,7-12H2,(H,18,20)(H,19,21)(H,22,23). The van der Waals surface area contributed by atoms with E-state index in [2.05, 4.69) is 16.0 Å². The minimum atomic E-state index is -1.15. The van der Waals surface area contributed by atoms with Gasteiger partial charge in [-0.1, -0.05) is 28.0 Å². The number of rotatable bonds is 13. The van der Waals surface area contributed by atoms with Crippen molar-refractivity contribution in [2.24, 2.45) is 0 Å². The number of aliphatic carboxylic acids is 1. The number of hydrogen-bond donors (Lipinski definition) is 4. The maximum absolute atomic E-state index is 11.7. The van der Waals surface area contributed by atoms with Crippen molar-refractivity contribution in [2.45, 2.75) is 37.4 Å². The monoisotopic (exact) mass is 389 g/mol. The second kappa shape index (κ2) is 14.0. The van der Waals surface area contributed by atoms with Crippen LogP contribution in [0, 0.1) is 0 Å². The molecule has 0 aromatic rings. The molecule has 1 saturated heterocycles. The summed E-state index contributed by atoms with van der Waals surface area (Å²) in [5.41, 5.74) is 0. The van der Waals surface area contributed by atoms with Gasteiger partial charge in [0, 0.05) is 55.8 Å². The van der Waals surface area contributed by atoms with Crippen LogP contribution in [0.15, 0.2) is 12.2 Å². The second-order valence-corrected chi connectivity index (χ2v) is 8.42. The lowest BCUT2D eigenvalue weighted by Gasteiger charge is -2.08. The van der Waals surface area contributed by atoms with Crippen LogP contribution in [0.1, 0.15) is 32.1 Å². The zero-order valence-corrected chi connectivity index (χ0v) is 15.9. The minimum absolute atomic E-state index is 0.0855. The second-order valence-electron chi connectivity index (χ2n) is 5.64. The number of amides is 2. The molecule has 9 heteroatoms. The molecule has 142 valence electrons. The summed E-state index contributed by atoms with van der Waals surface area (Å²) in [5.74, 6) is -0.249. The molecule has 0 bridgehead atoms. The van der Waals surface area contributed by atoms with Gasteiger partial charge in [-0.3, -0.25) is 9.59 Å². The molecule has 0 aliphatic carbocycles. The summed E-state index contributed by atoms with van der Waals surface area (Å²) in [4.78, 5) is 33.1. The van der Waals surface area contributed by atoms with Gasteiger partial charge >= 0.3 is 5.97 Å². The van der Waals surface area contributed by atoms with E-state index in [1.54, 1.807) is 0 Å². The SMILES string of the molecule is O=C(O)C=CC(=O)NCCNCCNC(=O)CCCCC1CCSS1. The van der Waals surface area contributed by atoms with E-state index in [0.717, 1.165) is 30.2 Å². The molecule has 1 aliphatic heterocycles. The van der Waals surface area contributed by atoms with Crippen molar-refractivity contribution in [3.63, 3.8) is 0 Å². The van der Waals surface area contributed by atoms with E-state index in [4.69, 9.17) is 5.11 Å². The predicted octanol–water partition coefficient (Wildman–Crippen LogP) is 1.16. The Kier molecular flexibility index (Phi) is 12.3. The fourth-order valence-electron chi connectivity index (χ4n) is 2.21. The van der Waals surface area contributed by atoms with E-state index >= 15 is 0 Å². The fraction of sp³-hybridized carbons (Fsp3) is 0.688. The summed E-state index contributed by atoms with van der Waals surface area (Å²) in [7, 11) is 3.93. The summed E-state index contributed by atoms with van der Waals surface area (Å²) >= 11 is 0. The quantitative estimate of drug-likeness (QED) is 0.213. The molecule has 1 unspecified atom stereocenters. The van der Waals surface area contributed by atoms with Crippen LogP contribution in [-0.2, 0) is 14.4 Å². The van der Waals surface area contributed by atoms with Crippen LogP contribution >= 0.6 is 21.6 Å². The van der Waals surface area contributed by atoms with Gasteiger partial charge in [0.25, 0.3) is 0 Å². The Morgan fingerprint density at radius 1 is 1.04 bits per heavy atom. The average Bonchev–Trinajstić information content (AvgIpc) is 3.09. The molecule has 0 radical (unpaired) electrons. The molecule has 2 amide bonds. The van der Waals surface area contributed by atoms with Crippen LogP contribution in [0.25, 0.3) is 0 Å². The zero-order valence-electron chi connectivity index (χ0n) is 14.3. The van der Waals surface area contributed by atoms with Gasteiger partial charge in [-0.25, -0.2) is 4.79 Å². The number of hydrogen-bond acceptors (Lipinski definition) is 6. The van der Waals surface area contributed by atoms with Crippen molar-refractivity contribution in [1.29, 1.82) is 0 Å². The maximum atomic E-state index is 11.7. The fourth-order valence-corrected chi connectivity index (χ4v) is 5.23. The zero-order chi connectivity index (χ0) is 18.3. The van der Waals surface area contributed by atoms with Crippen LogP contribution < -0.4 is 16.0 Å². The molecule has 1 atom stereocenters. The molecular formula is C16H27N3O4S2. The van der Waals surface area contributed by atoms with Crippen LogP contribution in [-0.4, -0.2) is 60.1 Å². The minimum Gasteiger partial charge on any atom is -0.478 e. The van der Waals surface area contributed by atoms with E-state index in [9.17, 15) is 14.4 Å². The van der Waals surface area contributed by atoms with Gasteiger partial charge in [0.1, 0.15) is 0 Å². The summed E-state index contributed by atoms with van der Waals surface area (Å²) in [6.45, 7) is 2.14. The van der Waals surface area contributed by atoms with Gasteiger partial charge in [0.05, 0.1) is 0 Å². The third-order valence-corrected chi connectivity index (χ3v) is 6.52. The van der Waals surface area contributed by atoms with Gasteiger partial charge < -0.3 is 21.1 Å². The molecule has 25 heavy (non-hydrogen) atoms. The average molecular weight is 390 g/mol. The molecule has 1 fully saturated rings. The Hall–Kier alpha value is -1.19. The summed E-state index contributed by atoms with van der Waals surface area (Å²) in [6.07, 6.45) is 6.91. The largest absolute Gasteiger partial charge is 0.478 e. The van der Waals surface area contributed by atoms with Gasteiger partial charge in [-0.15, -0.1) is 0 Å². The van der Waals surface area contributed by atoms with Crippen molar-refractivity contribution in [1.82, 2.24) is 16.0 Å².